The number of aliphatic imine (C=N–C) groups is 1. The quantitative estimate of drug-likeness (QED) is 0.305. The van der Waals surface area contributed by atoms with Gasteiger partial charge in [0, 0.05) is 6.61 Å². The normalized spacial score (nSPS) is 20.3. The van der Waals surface area contributed by atoms with Crippen LogP contribution in [0.3, 0.4) is 0 Å². The minimum absolute atomic E-state index is 0. The summed E-state index contributed by atoms with van der Waals surface area (Å²) < 4.78 is 0. The van der Waals surface area contributed by atoms with E-state index in [9.17, 15) is 14.7 Å². The number of aliphatic hydroxyl groups excluding tert-OH is 1. The van der Waals surface area contributed by atoms with Gasteiger partial charge in [0.2, 0.25) is 5.91 Å². The van der Waals surface area contributed by atoms with Crippen LogP contribution >= 0.6 is 0 Å². The molecule has 2 N–H and O–H groups in total. The maximum absolute atomic E-state index is 11.9. The zero-order chi connectivity index (χ0) is 19.3. The smallest absolute Gasteiger partial charge is 0.846 e. The molecule has 1 aliphatic heterocycles. The number of unbranched alkanes of at least 4 members (excludes halogenated alkanes) is 5. The summed E-state index contributed by atoms with van der Waals surface area (Å²) in [7, 11) is 0. The number of carbonyl (C=O) groups excluding carboxylic acids is 2. The standard InChI is InChI=1S/C11H18N2O3.C8H18O.Na/c1-4-6-7(3)11(5-2)8(14)12-10(16)13-9(11)15;1-2-3-4-5-6-7-8-9;/h7H,4-6H2,1-3H3,(H2,12,13,14,15,16);9H,2-8H2,1H3;/q;;+1/p-1. The third-order valence-corrected chi connectivity index (χ3v) is 4.84. The van der Waals surface area contributed by atoms with Gasteiger partial charge in [-0.15, -0.1) is 0 Å². The van der Waals surface area contributed by atoms with Crippen molar-refractivity contribution >= 4 is 17.8 Å². The average molecular weight is 378 g/mol. The van der Waals surface area contributed by atoms with Gasteiger partial charge < -0.3 is 15.5 Å². The van der Waals surface area contributed by atoms with Gasteiger partial charge in [-0.2, -0.15) is 0 Å². The van der Waals surface area contributed by atoms with Crippen LogP contribution in [-0.2, 0) is 9.59 Å². The predicted octanol–water partition coefficient (Wildman–Crippen LogP) is -0.465. The Balaban J connectivity index is 0. The molecule has 0 aromatic heterocycles. The van der Waals surface area contributed by atoms with Crippen molar-refractivity contribution in [1.29, 1.82) is 0 Å². The van der Waals surface area contributed by atoms with E-state index in [4.69, 9.17) is 5.11 Å². The van der Waals surface area contributed by atoms with Crippen LogP contribution in [0.4, 0.5) is 0 Å². The maximum atomic E-state index is 11.9. The van der Waals surface area contributed by atoms with Gasteiger partial charge in [-0.3, -0.25) is 9.59 Å². The number of amides is 2. The second-order valence-corrected chi connectivity index (χ2v) is 6.68. The first-order chi connectivity index (χ1) is 11.9. The number of hydrogen-bond acceptors (Lipinski definition) is 4. The molecule has 1 heterocycles. The fourth-order valence-electron chi connectivity index (χ4n) is 3.19. The average Bonchev–Trinajstić information content (AvgIpc) is 2.56. The summed E-state index contributed by atoms with van der Waals surface area (Å²) in [6.45, 7) is 8.20. The number of nitrogens with zero attached hydrogens (tertiary/aromatic N) is 1. The fraction of sp³-hybridized carbons (Fsp3) is 0.842. The number of hydrogen-bond donors (Lipinski definition) is 2. The summed E-state index contributed by atoms with van der Waals surface area (Å²) in [6, 6.07) is -0.845. The van der Waals surface area contributed by atoms with E-state index in [1.807, 2.05) is 13.8 Å². The fourth-order valence-corrected chi connectivity index (χ4v) is 3.19. The number of amidine groups is 1. The van der Waals surface area contributed by atoms with Gasteiger partial charge in [0.25, 0.3) is 5.91 Å². The van der Waals surface area contributed by atoms with Crippen molar-refractivity contribution in [1.82, 2.24) is 5.32 Å². The molecule has 0 aromatic rings. The van der Waals surface area contributed by atoms with Crippen molar-refractivity contribution in [2.75, 3.05) is 6.61 Å². The van der Waals surface area contributed by atoms with E-state index in [2.05, 4.69) is 17.2 Å². The van der Waals surface area contributed by atoms with E-state index >= 15 is 0 Å². The first-order valence-corrected chi connectivity index (χ1v) is 9.62. The van der Waals surface area contributed by atoms with E-state index in [-0.39, 0.29) is 35.5 Å². The molecule has 1 rings (SSSR count). The van der Waals surface area contributed by atoms with E-state index in [1.165, 1.54) is 32.1 Å². The van der Waals surface area contributed by atoms with Crippen LogP contribution < -0.4 is 40.0 Å². The molecular formula is C19H35N2NaO4. The van der Waals surface area contributed by atoms with Crippen LogP contribution in [0.5, 0.6) is 0 Å². The minimum atomic E-state index is -1.15. The summed E-state index contributed by atoms with van der Waals surface area (Å²) >= 11 is 0. The summed E-state index contributed by atoms with van der Waals surface area (Å²) in [4.78, 5) is 27.1. The third kappa shape index (κ3) is 8.51. The molecule has 0 saturated heterocycles. The molecule has 26 heavy (non-hydrogen) atoms. The molecule has 7 heteroatoms. The topological polar surface area (TPSA) is 102 Å². The Morgan fingerprint density at radius 1 is 1.08 bits per heavy atom. The van der Waals surface area contributed by atoms with Gasteiger partial charge in [0.05, 0.1) is 6.02 Å². The van der Waals surface area contributed by atoms with E-state index in [1.54, 1.807) is 6.92 Å². The van der Waals surface area contributed by atoms with Crippen LogP contribution in [0.25, 0.3) is 0 Å². The Kier molecular flexibility index (Phi) is 16.7. The van der Waals surface area contributed by atoms with Gasteiger partial charge in [-0.05, 0) is 25.2 Å². The Morgan fingerprint density at radius 2 is 1.65 bits per heavy atom. The van der Waals surface area contributed by atoms with Crippen LogP contribution in [0.2, 0.25) is 0 Å². The van der Waals surface area contributed by atoms with Crippen molar-refractivity contribution in [3.8, 4) is 0 Å². The van der Waals surface area contributed by atoms with E-state index in [0.717, 1.165) is 19.3 Å². The molecule has 0 fully saturated rings. The molecule has 6 nitrogen and oxygen atoms in total. The van der Waals surface area contributed by atoms with Crippen LogP contribution in [0.15, 0.2) is 4.99 Å². The predicted molar refractivity (Wildman–Crippen MR) is 97.8 cm³/mol. The molecule has 0 saturated carbocycles. The molecule has 2 amide bonds. The van der Waals surface area contributed by atoms with Gasteiger partial charge >= 0.3 is 29.6 Å². The largest absolute Gasteiger partial charge is 1.00 e. The van der Waals surface area contributed by atoms with Gasteiger partial charge in [-0.1, -0.05) is 66.2 Å². The Hall–Kier alpha value is -0.430. The van der Waals surface area contributed by atoms with Crippen molar-refractivity contribution in [3.63, 3.8) is 0 Å². The summed E-state index contributed by atoms with van der Waals surface area (Å²) in [5.41, 5.74) is -1.15. The van der Waals surface area contributed by atoms with Gasteiger partial charge in [-0.25, -0.2) is 4.99 Å². The monoisotopic (exact) mass is 378 g/mol. The molecule has 1 aliphatic rings. The number of nitrogens with one attached hydrogen (secondary N) is 1. The summed E-state index contributed by atoms with van der Waals surface area (Å²) in [6.07, 6.45) is 9.51. The van der Waals surface area contributed by atoms with E-state index in [0.29, 0.717) is 13.0 Å². The van der Waals surface area contributed by atoms with Crippen molar-refractivity contribution in [2.24, 2.45) is 16.3 Å². The molecule has 0 radical (unpaired) electrons. The van der Waals surface area contributed by atoms with Crippen LogP contribution in [-0.4, -0.2) is 29.5 Å². The second-order valence-electron chi connectivity index (χ2n) is 6.68. The van der Waals surface area contributed by atoms with E-state index < -0.39 is 23.3 Å². The van der Waals surface area contributed by atoms with Crippen molar-refractivity contribution in [3.05, 3.63) is 0 Å². The van der Waals surface area contributed by atoms with Crippen molar-refractivity contribution in [2.45, 2.75) is 85.5 Å². The Bertz CT molecular complexity index is 437. The SMILES string of the molecule is CCCC(C)C1(CC)C(=O)N=C([O-])NC1=O.CCCCCCCCO.[Na+]. The number of rotatable bonds is 10. The second kappa shape index (κ2) is 15.6. The molecule has 0 aromatic carbocycles. The molecule has 2 unspecified atom stereocenters. The summed E-state index contributed by atoms with van der Waals surface area (Å²) in [5.74, 6) is -1.20. The molecule has 146 valence electrons. The molecule has 0 spiro atoms. The molecule has 0 aliphatic carbocycles. The van der Waals surface area contributed by atoms with Crippen molar-refractivity contribution < 1.29 is 49.4 Å². The zero-order valence-electron chi connectivity index (χ0n) is 17.3. The Labute approximate surface area is 180 Å². The Morgan fingerprint density at radius 3 is 2.12 bits per heavy atom. The maximum Gasteiger partial charge on any atom is 1.00 e. The van der Waals surface area contributed by atoms with Gasteiger partial charge in [0.15, 0.2) is 0 Å². The van der Waals surface area contributed by atoms with Gasteiger partial charge in [0.1, 0.15) is 5.41 Å². The first-order valence-electron chi connectivity index (χ1n) is 9.62. The minimum Gasteiger partial charge on any atom is -0.846 e. The molecule has 2 atom stereocenters. The van der Waals surface area contributed by atoms with Crippen LogP contribution in [0, 0.1) is 11.3 Å². The molecule has 0 bridgehead atoms. The van der Waals surface area contributed by atoms with Crippen LogP contribution in [0.1, 0.15) is 85.5 Å². The third-order valence-electron chi connectivity index (χ3n) is 4.84. The number of carbonyl (C=O) groups is 2. The number of aliphatic hydroxyl groups is 1. The zero-order valence-corrected chi connectivity index (χ0v) is 19.3. The first kappa shape index (κ1) is 27.8. The molecular weight excluding hydrogens is 343 g/mol. The summed E-state index contributed by atoms with van der Waals surface area (Å²) in [5, 5.41) is 21.5.